The average molecular weight is 686 g/mol. The second-order valence-corrected chi connectivity index (χ2v) is 15.6. The van der Waals surface area contributed by atoms with Gasteiger partial charge in [-0.1, -0.05) is 24.3 Å². The number of ether oxygens (including phenoxy) is 3. The first-order valence-corrected chi connectivity index (χ1v) is 17.3. The number of anilines is 2. The molecule has 50 heavy (non-hydrogen) atoms. The first-order chi connectivity index (χ1) is 23.5. The number of fused-ring (bicyclic) bond motifs is 2. The summed E-state index contributed by atoms with van der Waals surface area (Å²) in [5, 5.41) is 11.7. The van der Waals surface area contributed by atoms with Gasteiger partial charge < -0.3 is 33.8 Å². The molecule has 1 amide bonds. The lowest BCUT2D eigenvalue weighted by molar-refractivity contribution is -0.142. The van der Waals surface area contributed by atoms with Crippen LogP contribution in [0.3, 0.4) is 0 Å². The smallest absolute Gasteiger partial charge is 0.410 e. The number of hydrogen-bond donors (Lipinski definition) is 0. The van der Waals surface area contributed by atoms with E-state index in [0.717, 1.165) is 33.5 Å². The average Bonchev–Trinajstić information content (AvgIpc) is 3.02. The van der Waals surface area contributed by atoms with E-state index in [-0.39, 0.29) is 24.5 Å². The van der Waals surface area contributed by atoms with Gasteiger partial charge in [-0.2, -0.15) is 15.2 Å². The molecule has 3 heterocycles. The van der Waals surface area contributed by atoms with E-state index in [1.165, 1.54) is 0 Å². The standard InChI is InChI=1S/C38H51N7O5/c1-25(22-42(8)9)48-35-40-31-24-43(32-21-28(49-34(46)37(2,3)4)20-26-12-10-11-13-29(26)32)17-15-30(31)33(41-35)44-18-19-45(27(23-44)14-16-39)36(47)50-38(5,6)7/h10-13,20-21,25,27H,14-15,17-19,22-24H2,1-9H3/t25-,27?/m1/s1. The van der Waals surface area contributed by atoms with Crippen molar-refractivity contribution in [1.29, 1.82) is 5.26 Å². The zero-order valence-corrected chi connectivity index (χ0v) is 30.9. The lowest BCUT2D eigenvalue weighted by Crippen LogP contribution is -2.56. The van der Waals surface area contributed by atoms with Gasteiger partial charge in [0.1, 0.15) is 23.3 Å². The van der Waals surface area contributed by atoms with Gasteiger partial charge in [0.15, 0.2) is 0 Å². The van der Waals surface area contributed by atoms with Crippen LogP contribution < -0.4 is 19.3 Å². The van der Waals surface area contributed by atoms with Crippen molar-refractivity contribution in [2.75, 3.05) is 56.6 Å². The van der Waals surface area contributed by atoms with E-state index in [9.17, 15) is 14.9 Å². The third-order valence-electron chi connectivity index (χ3n) is 8.67. The first kappa shape index (κ1) is 36.6. The van der Waals surface area contributed by atoms with E-state index in [4.69, 9.17) is 24.2 Å². The molecule has 3 aromatic rings. The van der Waals surface area contributed by atoms with Crippen LogP contribution in [0.15, 0.2) is 36.4 Å². The van der Waals surface area contributed by atoms with Gasteiger partial charge in [0.2, 0.25) is 0 Å². The normalized spacial score (nSPS) is 17.3. The molecule has 12 nitrogen and oxygen atoms in total. The van der Waals surface area contributed by atoms with Crippen molar-refractivity contribution in [2.45, 2.75) is 85.6 Å². The van der Waals surface area contributed by atoms with Crippen LogP contribution in [0.5, 0.6) is 11.8 Å². The summed E-state index contributed by atoms with van der Waals surface area (Å²) in [6.07, 6.45) is 0.253. The molecule has 0 saturated carbocycles. The highest BCUT2D eigenvalue weighted by Crippen LogP contribution is 2.38. The summed E-state index contributed by atoms with van der Waals surface area (Å²) >= 11 is 0. The lowest BCUT2D eigenvalue weighted by atomic mass is 9.97. The van der Waals surface area contributed by atoms with Gasteiger partial charge >= 0.3 is 18.1 Å². The predicted octanol–water partition coefficient (Wildman–Crippen LogP) is 5.81. The maximum absolute atomic E-state index is 13.1. The van der Waals surface area contributed by atoms with Crippen LogP contribution in [0.4, 0.5) is 16.3 Å². The van der Waals surface area contributed by atoms with E-state index in [0.29, 0.717) is 57.4 Å². The second-order valence-electron chi connectivity index (χ2n) is 15.6. The number of piperazine rings is 1. The van der Waals surface area contributed by atoms with Gasteiger partial charge in [-0.3, -0.25) is 4.79 Å². The molecule has 0 radical (unpaired) electrons. The number of carbonyl (C=O) groups is 2. The number of nitriles is 1. The fraction of sp³-hybridized carbons (Fsp3) is 0.553. The Bertz CT molecular complexity index is 1760. The molecule has 0 spiro atoms. The minimum Gasteiger partial charge on any atom is -0.459 e. The van der Waals surface area contributed by atoms with Crippen molar-refractivity contribution < 1.29 is 23.8 Å². The Hall–Kier alpha value is -4.63. The Balaban J connectivity index is 1.51. The quantitative estimate of drug-likeness (QED) is 0.211. The van der Waals surface area contributed by atoms with Crippen molar-refractivity contribution in [1.82, 2.24) is 19.8 Å². The molecule has 12 heteroatoms. The summed E-state index contributed by atoms with van der Waals surface area (Å²) in [4.78, 5) is 44.1. The number of likely N-dealkylation sites (N-methyl/N-ethyl adjacent to an activating group) is 1. The third-order valence-corrected chi connectivity index (χ3v) is 8.67. The number of rotatable bonds is 8. The Kier molecular flexibility index (Phi) is 10.8. The summed E-state index contributed by atoms with van der Waals surface area (Å²) in [7, 11) is 3.99. The van der Waals surface area contributed by atoms with Crippen LogP contribution in [0, 0.1) is 16.7 Å². The van der Waals surface area contributed by atoms with Gasteiger partial charge in [-0.15, -0.1) is 0 Å². The van der Waals surface area contributed by atoms with Crippen LogP contribution in [0.2, 0.25) is 0 Å². The summed E-state index contributed by atoms with van der Waals surface area (Å²) in [6, 6.07) is 14.1. The highest BCUT2D eigenvalue weighted by atomic mass is 16.6. The molecule has 1 aromatic heterocycles. The number of benzene rings is 2. The van der Waals surface area contributed by atoms with E-state index in [2.05, 4.69) is 26.8 Å². The summed E-state index contributed by atoms with van der Waals surface area (Å²) in [5.41, 5.74) is 1.54. The Labute approximate surface area is 295 Å². The van der Waals surface area contributed by atoms with Crippen molar-refractivity contribution in [3.05, 3.63) is 47.7 Å². The van der Waals surface area contributed by atoms with Crippen LogP contribution in [0.1, 0.15) is 66.1 Å². The molecule has 2 atom stereocenters. The fourth-order valence-electron chi connectivity index (χ4n) is 6.37. The van der Waals surface area contributed by atoms with Gasteiger partial charge in [-0.05, 0) is 80.4 Å². The van der Waals surface area contributed by atoms with Crippen molar-refractivity contribution in [3.8, 4) is 17.8 Å². The minimum absolute atomic E-state index is 0.163. The monoisotopic (exact) mass is 685 g/mol. The van der Waals surface area contributed by atoms with E-state index < -0.39 is 17.1 Å². The number of aromatic nitrogens is 2. The SMILES string of the molecule is C[C@H](CN(C)C)Oc1nc2c(c(N3CCN(C(=O)OC(C)(C)C)C(CC#N)C3)n1)CCN(c1cc(OC(=O)C(C)(C)C)cc3ccccc13)C2. The van der Waals surface area contributed by atoms with Gasteiger partial charge in [-0.25, -0.2) is 4.79 Å². The van der Waals surface area contributed by atoms with Crippen LogP contribution in [-0.2, 0) is 22.5 Å². The summed E-state index contributed by atoms with van der Waals surface area (Å²) in [6.45, 7) is 16.2. The Morgan fingerprint density at radius 2 is 1.78 bits per heavy atom. The topological polar surface area (TPSA) is 124 Å². The zero-order chi connectivity index (χ0) is 36.4. The highest BCUT2D eigenvalue weighted by molar-refractivity contribution is 5.96. The number of amides is 1. The largest absolute Gasteiger partial charge is 0.459 e. The molecular formula is C38H51N7O5. The second kappa shape index (κ2) is 14.7. The molecule has 5 rings (SSSR count). The first-order valence-electron chi connectivity index (χ1n) is 17.3. The molecule has 2 aliphatic rings. The zero-order valence-electron chi connectivity index (χ0n) is 30.9. The molecule has 1 fully saturated rings. The summed E-state index contributed by atoms with van der Waals surface area (Å²) in [5.74, 6) is 0.974. The summed E-state index contributed by atoms with van der Waals surface area (Å²) < 4.78 is 17.9. The van der Waals surface area contributed by atoms with E-state index >= 15 is 0 Å². The van der Waals surface area contributed by atoms with Crippen molar-refractivity contribution >= 4 is 34.3 Å². The number of esters is 1. The molecule has 1 saturated heterocycles. The van der Waals surface area contributed by atoms with Gasteiger partial charge in [0.25, 0.3) is 0 Å². The molecule has 0 bridgehead atoms. The van der Waals surface area contributed by atoms with Crippen LogP contribution in [0.25, 0.3) is 10.8 Å². The fourth-order valence-corrected chi connectivity index (χ4v) is 6.37. The maximum Gasteiger partial charge on any atom is 0.410 e. The van der Waals surface area contributed by atoms with E-state index in [1.54, 1.807) is 4.90 Å². The van der Waals surface area contributed by atoms with Crippen molar-refractivity contribution in [2.24, 2.45) is 5.41 Å². The Morgan fingerprint density at radius 1 is 1.04 bits per heavy atom. The van der Waals surface area contributed by atoms with Crippen LogP contribution >= 0.6 is 0 Å². The van der Waals surface area contributed by atoms with Gasteiger partial charge in [0, 0.05) is 55.4 Å². The Morgan fingerprint density at radius 3 is 2.46 bits per heavy atom. The highest BCUT2D eigenvalue weighted by Gasteiger charge is 2.36. The molecule has 0 aliphatic carbocycles. The molecule has 2 aromatic carbocycles. The minimum atomic E-state index is -0.645. The third kappa shape index (κ3) is 8.74. The number of carbonyl (C=O) groups excluding carboxylic acids is 2. The maximum atomic E-state index is 13.1. The lowest BCUT2D eigenvalue weighted by Gasteiger charge is -2.42. The molecule has 0 N–H and O–H groups in total. The molecule has 1 unspecified atom stereocenters. The number of nitrogens with zero attached hydrogens (tertiary/aromatic N) is 7. The number of hydrogen-bond acceptors (Lipinski definition) is 11. The van der Waals surface area contributed by atoms with Gasteiger partial charge in [0.05, 0.1) is 36.2 Å². The van der Waals surface area contributed by atoms with Crippen molar-refractivity contribution in [3.63, 3.8) is 0 Å². The molecule has 2 aliphatic heterocycles. The predicted molar refractivity (Wildman–Crippen MR) is 194 cm³/mol. The van der Waals surface area contributed by atoms with Crippen LogP contribution in [-0.4, -0.2) is 96.4 Å². The molecule has 268 valence electrons. The molecular weight excluding hydrogens is 634 g/mol. The van der Waals surface area contributed by atoms with E-state index in [1.807, 2.05) is 92.9 Å².